The first kappa shape index (κ1) is 23.9. The van der Waals surface area contributed by atoms with Crippen molar-refractivity contribution in [3.05, 3.63) is 23.2 Å². The van der Waals surface area contributed by atoms with Gasteiger partial charge in [-0.1, -0.05) is 13.3 Å². The second kappa shape index (κ2) is 9.65. The zero-order valence-corrected chi connectivity index (χ0v) is 21.8. The summed E-state index contributed by atoms with van der Waals surface area (Å²) in [5.74, 6) is 0.744. The SMILES string of the molecule is CC1CCC(NC(=O)C2(C)Cn3c(cc4sccc43)C(=O)N2CCCN2CCCCC2C)CC1. The van der Waals surface area contributed by atoms with Gasteiger partial charge in [-0.05, 0) is 88.8 Å². The van der Waals surface area contributed by atoms with Crippen molar-refractivity contribution in [1.29, 1.82) is 0 Å². The van der Waals surface area contributed by atoms with Crippen LogP contribution >= 0.6 is 11.3 Å². The lowest BCUT2D eigenvalue weighted by atomic mass is 9.86. The third kappa shape index (κ3) is 4.41. The highest BCUT2D eigenvalue weighted by molar-refractivity contribution is 7.17. The summed E-state index contributed by atoms with van der Waals surface area (Å²) in [5, 5.41) is 5.42. The van der Waals surface area contributed by atoms with Gasteiger partial charge >= 0.3 is 0 Å². The van der Waals surface area contributed by atoms with Gasteiger partial charge in [0, 0.05) is 25.2 Å². The summed E-state index contributed by atoms with van der Waals surface area (Å²) >= 11 is 1.66. The van der Waals surface area contributed by atoms with Gasteiger partial charge < -0.3 is 19.7 Å². The molecule has 2 aliphatic heterocycles. The Kier molecular flexibility index (Phi) is 6.77. The van der Waals surface area contributed by atoms with E-state index in [1.807, 2.05) is 17.9 Å². The van der Waals surface area contributed by atoms with E-state index >= 15 is 0 Å². The maximum absolute atomic E-state index is 13.8. The predicted molar refractivity (Wildman–Crippen MR) is 138 cm³/mol. The van der Waals surface area contributed by atoms with Gasteiger partial charge in [0.15, 0.2) is 0 Å². The molecule has 2 aromatic heterocycles. The van der Waals surface area contributed by atoms with E-state index in [1.54, 1.807) is 11.3 Å². The third-order valence-electron chi connectivity index (χ3n) is 8.66. The van der Waals surface area contributed by atoms with E-state index in [0.29, 0.717) is 19.1 Å². The Morgan fingerprint density at radius 2 is 1.94 bits per heavy atom. The van der Waals surface area contributed by atoms with E-state index in [1.165, 1.54) is 19.3 Å². The zero-order chi connectivity index (χ0) is 23.9. The molecule has 0 radical (unpaired) electrons. The van der Waals surface area contributed by atoms with Crippen molar-refractivity contribution in [2.75, 3.05) is 19.6 Å². The van der Waals surface area contributed by atoms with Crippen LogP contribution in [0.5, 0.6) is 0 Å². The molecule has 0 bridgehead atoms. The molecule has 1 saturated carbocycles. The van der Waals surface area contributed by atoms with Gasteiger partial charge in [-0.15, -0.1) is 11.3 Å². The average Bonchev–Trinajstić information content (AvgIpc) is 3.41. The summed E-state index contributed by atoms with van der Waals surface area (Å²) in [7, 11) is 0. The van der Waals surface area contributed by atoms with Crippen LogP contribution in [0.3, 0.4) is 0 Å². The fraction of sp³-hybridized carbons (Fsp3) is 0.704. The lowest BCUT2D eigenvalue weighted by Crippen LogP contribution is -2.65. The number of aromatic nitrogens is 1. The van der Waals surface area contributed by atoms with Crippen LogP contribution in [0.2, 0.25) is 0 Å². The molecule has 34 heavy (non-hydrogen) atoms. The lowest BCUT2D eigenvalue weighted by molar-refractivity contribution is -0.133. The molecule has 2 aromatic rings. The van der Waals surface area contributed by atoms with Gasteiger partial charge in [-0.3, -0.25) is 9.59 Å². The zero-order valence-electron chi connectivity index (χ0n) is 21.0. The van der Waals surface area contributed by atoms with Crippen LogP contribution in [0.4, 0.5) is 0 Å². The molecular formula is C27H40N4O2S. The van der Waals surface area contributed by atoms with Crippen LogP contribution in [0.1, 0.15) is 82.6 Å². The molecular weight excluding hydrogens is 444 g/mol. The Hall–Kier alpha value is -1.86. The number of piperidine rings is 1. The standard InChI is InChI=1S/C27H40N4O2S/c1-19-8-10-21(11-9-19)28-26(33)27(3)18-30-22-12-16-34-24(22)17-23(30)25(32)31(27)15-6-14-29-13-5-4-7-20(29)2/h12,16-17,19-21H,4-11,13-15,18H2,1-3H3,(H,28,33). The van der Waals surface area contributed by atoms with E-state index < -0.39 is 5.54 Å². The minimum atomic E-state index is -0.880. The number of thiophene rings is 1. The molecule has 1 N–H and O–H groups in total. The molecule has 3 aliphatic rings. The van der Waals surface area contributed by atoms with E-state index in [2.05, 4.69) is 40.1 Å². The summed E-state index contributed by atoms with van der Waals surface area (Å²) in [6, 6.07) is 4.92. The predicted octanol–water partition coefficient (Wildman–Crippen LogP) is 4.88. The monoisotopic (exact) mass is 484 g/mol. The maximum Gasteiger partial charge on any atom is 0.271 e. The molecule has 0 aromatic carbocycles. The summed E-state index contributed by atoms with van der Waals surface area (Å²) in [6.07, 6.45) is 9.12. The molecule has 4 heterocycles. The highest BCUT2D eigenvalue weighted by atomic mass is 32.1. The first-order valence-electron chi connectivity index (χ1n) is 13.3. The second-order valence-electron chi connectivity index (χ2n) is 11.2. The Labute approximate surface area is 207 Å². The number of fused-ring (bicyclic) bond motifs is 3. The fourth-order valence-corrected chi connectivity index (χ4v) is 7.11. The van der Waals surface area contributed by atoms with E-state index in [0.717, 1.165) is 67.0 Å². The van der Waals surface area contributed by atoms with Gasteiger partial charge in [0.2, 0.25) is 5.91 Å². The summed E-state index contributed by atoms with van der Waals surface area (Å²) in [5.41, 5.74) is 0.916. The van der Waals surface area contributed by atoms with Crippen LogP contribution in [0.15, 0.2) is 17.5 Å². The highest BCUT2D eigenvalue weighted by Gasteiger charge is 2.48. The molecule has 2 amide bonds. The van der Waals surface area contributed by atoms with Crippen LogP contribution in [-0.4, -0.2) is 63.4 Å². The normalized spacial score (nSPS) is 30.5. The van der Waals surface area contributed by atoms with Crippen molar-refractivity contribution in [2.45, 2.75) is 96.3 Å². The van der Waals surface area contributed by atoms with Crippen molar-refractivity contribution in [1.82, 2.24) is 19.7 Å². The minimum absolute atomic E-state index is 0.00346. The van der Waals surface area contributed by atoms with Gasteiger partial charge in [0.1, 0.15) is 11.2 Å². The summed E-state index contributed by atoms with van der Waals surface area (Å²) in [4.78, 5) is 32.1. The van der Waals surface area contributed by atoms with Crippen molar-refractivity contribution >= 4 is 33.4 Å². The van der Waals surface area contributed by atoms with Crippen molar-refractivity contribution in [2.24, 2.45) is 5.92 Å². The first-order valence-corrected chi connectivity index (χ1v) is 14.2. The van der Waals surface area contributed by atoms with Crippen molar-refractivity contribution in [3.8, 4) is 0 Å². The Morgan fingerprint density at radius 3 is 2.71 bits per heavy atom. The molecule has 2 unspecified atom stereocenters. The van der Waals surface area contributed by atoms with Gasteiger partial charge in [-0.2, -0.15) is 0 Å². The molecule has 2 atom stereocenters. The van der Waals surface area contributed by atoms with Gasteiger partial charge in [-0.25, -0.2) is 0 Å². The second-order valence-corrected chi connectivity index (χ2v) is 12.1. The summed E-state index contributed by atoms with van der Waals surface area (Å²) in [6.45, 7) is 9.86. The topological polar surface area (TPSA) is 57.6 Å². The maximum atomic E-state index is 13.8. The quantitative estimate of drug-likeness (QED) is 0.636. The number of nitrogens with zero attached hydrogens (tertiary/aromatic N) is 3. The van der Waals surface area contributed by atoms with Crippen LogP contribution < -0.4 is 5.32 Å². The largest absolute Gasteiger partial charge is 0.351 e. The third-order valence-corrected chi connectivity index (χ3v) is 9.51. The number of hydrogen-bond donors (Lipinski definition) is 1. The Balaban J connectivity index is 1.37. The molecule has 186 valence electrons. The number of carbonyl (C=O) groups is 2. The molecule has 7 heteroatoms. The van der Waals surface area contributed by atoms with Crippen molar-refractivity contribution in [3.63, 3.8) is 0 Å². The van der Waals surface area contributed by atoms with Crippen LogP contribution in [0.25, 0.3) is 10.2 Å². The van der Waals surface area contributed by atoms with E-state index in [-0.39, 0.29) is 17.9 Å². The molecule has 2 fully saturated rings. The summed E-state index contributed by atoms with van der Waals surface area (Å²) < 4.78 is 3.20. The smallest absolute Gasteiger partial charge is 0.271 e. The van der Waals surface area contributed by atoms with E-state index in [9.17, 15) is 9.59 Å². The fourth-order valence-electron chi connectivity index (χ4n) is 6.29. The number of rotatable bonds is 6. The molecule has 0 spiro atoms. The highest BCUT2D eigenvalue weighted by Crippen LogP contribution is 2.35. The lowest BCUT2D eigenvalue weighted by Gasteiger charge is -2.45. The Morgan fingerprint density at radius 1 is 1.15 bits per heavy atom. The molecule has 6 nitrogen and oxygen atoms in total. The Bertz CT molecular complexity index is 1040. The van der Waals surface area contributed by atoms with Crippen LogP contribution in [-0.2, 0) is 11.3 Å². The number of amides is 2. The average molecular weight is 485 g/mol. The number of nitrogens with one attached hydrogen (secondary N) is 1. The minimum Gasteiger partial charge on any atom is -0.351 e. The number of likely N-dealkylation sites (tertiary alicyclic amines) is 1. The first-order chi connectivity index (χ1) is 16.4. The molecule has 5 rings (SSSR count). The molecule has 1 aliphatic carbocycles. The number of hydrogen-bond acceptors (Lipinski definition) is 4. The number of carbonyl (C=O) groups excluding carboxylic acids is 2. The van der Waals surface area contributed by atoms with Crippen molar-refractivity contribution < 1.29 is 9.59 Å². The van der Waals surface area contributed by atoms with Gasteiger partial charge in [0.05, 0.1) is 16.8 Å². The van der Waals surface area contributed by atoms with E-state index in [4.69, 9.17) is 0 Å². The van der Waals surface area contributed by atoms with Gasteiger partial charge in [0.25, 0.3) is 5.91 Å². The van der Waals surface area contributed by atoms with Crippen LogP contribution in [0, 0.1) is 5.92 Å². The molecule has 1 saturated heterocycles.